The highest BCUT2D eigenvalue weighted by molar-refractivity contribution is 7.99. The van der Waals surface area contributed by atoms with Crippen LogP contribution in [0.3, 0.4) is 0 Å². The molecule has 0 radical (unpaired) electrons. The van der Waals surface area contributed by atoms with E-state index in [9.17, 15) is 4.79 Å². The fourth-order valence-corrected chi connectivity index (χ4v) is 2.35. The third-order valence-electron chi connectivity index (χ3n) is 2.65. The van der Waals surface area contributed by atoms with E-state index in [1.165, 1.54) is 4.90 Å². The van der Waals surface area contributed by atoms with E-state index in [1.54, 1.807) is 28.8 Å². The van der Waals surface area contributed by atoms with Gasteiger partial charge in [0.2, 0.25) is 0 Å². The van der Waals surface area contributed by atoms with Crippen LogP contribution in [0.4, 0.5) is 0 Å². The number of aromatic nitrogens is 2. The van der Waals surface area contributed by atoms with Gasteiger partial charge in [0.15, 0.2) is 5.78 Å². The molecule has 0 aliphatic carbocycles. The summed E-state index contributed by atoms with van der Waals surface area (Å²) in [5, 5.41) is 4.12. The van der Waals surface area contributed by atoms with E-state index in [0.29, 0.717) is 11.1 Å². The monoisotopic (exact) mass is 260 g/mol. The van der Waals surface area contributed by atoms with Crippen LogP contribution in [0.5, 0.6) is 0 Å². The molecule has 2 aromatic rings. The van der Waals surface area contributed by atoms with E-state index >= 15 is 0 Å². The summed E-state index contributed by atoms with van der Waals surface area (Å²) in [5.74, 6) is 1.07. The fourth-order valence-electron chi connectivity index (χ4n) is 1.69. The summed E-state index contributed by atoms with van der Waals surface area (Å²) in [7, 11) is 0. The van der Waals surface area contributed by atoms with Crippen LogP contribution >= 0.6 is 11.8 Å². The Hall–Kier alpha value is -1.55. The zero-order valence-corrected chi connectivity index (χ0v) is 11.4. The Labute approximate surface area is 111 Å². The van der Waals surface area contributed by atoms with Crippen LogP contribution in [-0.2, 0) is 6.54 Å². The lowest BCUT2D eigenvalue weighted by atomic mass is 10.1. The van der Waals surface area contributed by atoms with E-state index < -0.39 is 0 Å². The Bertz CT molecular complexity index is 531. The summed E-state index contributed by atoms with van der Waals surface area (Å²) < 4.78 is 1.76. The molecule has 0 aliphatic rings. The molecule has 3 nitrogen and oxygen atoms in total. The third-order valence-corrected chi connectivity index (χ3v) is 3.54. The van der Waals surface area contributed by atoms with Gasteiger partial charge in [-0.25, -0.2) is 0 Å². The predicted octanol–water partition coefficient (Wildman–Crippen LogP) is 3.25. The molecule has 0 saturated carbocycles. The van der Waals surface area contributed by atoms with Crippen LogP contribution in [0.1, 0.15) is 29.8 Å². The highest BCUT2D eigenvalue weighted by Gasteiger charge is 2.10. The molecule has 0 bridgehead atoms. The van der Waals surface area contributed by atoms with Crippen molar-refractivity contribution in [2.24, 2.45) is 0 Å². The van der Waals surface area contributed by atoms with Gasteiger partial charge in [0, 0.05) is 23.2 Å². The molecule has 0 spiro atoms. The summed E-state index contributed by atoms with van der Waals surface area (Å²) in [6, 6.07) is 7.74. The Morgan fingerprint density at radius 3 is 2.50 bits per heavy atom. The largest absolute Gasteiger partial charge is 0.288 e. The van der Waals surface area contributed by atoms with E-state index in [0.717, 1.165) is 12.3 Å². The van der Waals surface area contributed by atoms with E-state index in [-0.39, 0.29) is 5.78 Å². The van der Waals surface area contributed by atoms with Crippen molar-refractivity contribution in [1.82, 2.24) is 9.78 Å². The van der Waals surface area contributed by atoms with Crippen molar-refractivity contribution in [3.63, 3.8) is 0 Å². The highest BCUT2D eigenvalue weighted by Crippen LogP contribution is 2.19. The van der Waals surface area contributed by atoms with Gasteiger partial charge in [-0.15, -0.1) is 11.8 Å². The number of hydrogen-bond donors (Lipinski definition) is 0. The first-order valence-electron chi connectivity index (χ1n) is 6.04. The van der Waals surface area contributed by atoms with E-state index in [1.807, 2.05) is 31.2 Å². The SMILES string of the molecule is CCSc1ccc(C(=O)c2cnn(CC)c2)cc1. The topological polar surface area (TPSA) is 34.9 Å². The lowest BCUT2D eigenvalue weighted by Gasteiger charge is -2.01. The van der Waals surface area contributed by atoms with Crippen LogP contribution in [-0.4, -0.2) is 21.3 Å². The zero-order valence-electron chi connectivity index (χ0n) is 10.6. The molecule has 0 amide bonds. The number of aryl methyl sites for hydroxylation is 1. The van der Waals surface area contributed by atoms with Gasteiger partial charge in [0.1, 0.15) is 0 Å². The molecule has 0 unspecified atom stereocenters. The summed E-state index contributed by atoms with van der Waals surface area (Å²) >= 11 is 1.77. The van der Waals surface area contributed by atoms with Gasteiger partial charge in [-0.1, -0.05) is 6.92 Å². The molecule has 4 heteroatoms. The van der Waals surface area contributed by atoms with Crippen molar-refractivity contribution < 1.29 is 4.79 Å². The number of thioether (sulfide) groups is 1. The van der Waals surface area contributed by atoms with Gasteiger partial charge < -0.3 is 0 Å². The second kappa shape index (κ2) is 5.87. The smallest absolute Gasteiger partial charge is 0.196 e. The molecule has 0 fully saturated rings. The first-order chi connectivity index (χ1) is 8.74. The average Bonchev–Trinajstić information content (AvgIpc) is 2.88. The standard InChI is InChI=1S/C14H16N2OS/c1-3-16-10-12(9-15-16)14(17)11-5-7-13(8-6-11)18-4-2/h5-10H,3-4H2,1-2H3. The average molecular weight is 260 g/mol. The Kier molecular flexibility index (Phi) is 4.20. The number of carbonyl (C=O) groups excluding carboxylic acids is 1. The van der Waals surface area contributed by atoms with E-state index in [2.05, 4.69) is 12.0 Å². The van der Waals surface area contributed by atoms with E-state index in [4.69, 9.17) is 0 Å². The molecule has 18 heavy (non-hydrogen) atoms. The summed E-state index contributed by atoms with van der Waals surface area (Å²) in [4.78, 5) is 13.4. The van der Waals surface area contributed by atoms with Gasteiger partial charge in [-0.2, -0.15) is 5.10 Å². The molecule has 0 aliphatic heterocycles. The van der Waals surface area contributed by atoms with Crippen LogP contribution in [0.2, 0.25) is 0 Å². The van der Waals surface area contributed by atoms with Crippen molar-refractivity contribution in [2.45, 2.75) is 25.3 Å². The number of rotatable bonds is 5. The van der Waals surface area contributed by atoms with Crippen LogP contribution in [0, 0.1) is 0 Å². The summed E-state index contributed by atoms with van der Waals surface area (Å²) in [5.41, 5.74) is 1.36. The Morgan fingerprint density at radius 1 is 1.22 bits per heavy atom. The minimum atomic E-state index is 0.0303. The van der Waals surface area contributed by atoms with Gasteiger partial charge in [0.05, 0.1) is 11.8 Å². The lowest BCUT2D eigenvalue weighted by Crippen LogP contribution is -2.00. The second-order valence-corrected chi connectivity index (χ2v) is 5.21. The fraction of sp³-hybridized carbons (Fsp3) is 0.286. The number of carbonyl (C=O) groups is 1. The molecule has 1 aromatic heterocycles. The van der Waals surface area contributed by atoms with Crippen molar-refractivity contribution in [1.29, 1.82) is 0 Å². The van der Waals surface area contributed by atoms with Crippen LogP contribution < -0.4 is 0 Å². The minimum absolute atomic E-state index is 0.0303. The zero-order chi connectivity index (χ0) is 13.0. The predicted molar refractivity (Wildman–Crippen MR) is 74.2 cm³/mol. The highest BCUT2D eigenvalue weighted by atomic mass is 32.2. The van der Waals surface area contributed by atoms with Crippen molar-refractivity contribution in [3.05, 3.63) is 47.8 Å². The maximum absolute atomic E-state index is 12.2. The number of nitrogens with zero attached hydrogens (tertiary/aromatic N) is 2. The molecule has 1 heterocycles. The summed E-state index contributed by atoms with van der Waals surface area (Å²) in [6.07, 6.45) is 3.41. The molecule has 0 saturated heterocycles. The van der Waals surface area contributed by atoms with Crippen LogP contribution in [0.25, 0.3) is 0 Å². The van der Waals surface area contributed by atoms with Gasteiger partial charge >= 0.3 is 0 Å². The lowest BCUT2D eigenvalue weighted by molar-refractivity contribution is 0.103. The maximum Gasteiger partial charge on any atom is 0.196 e. The van der Waals surface area contributed by atoms with Crippen molar-refractivity contribution in [2.75, 3.05) is 5.75 Å². The molecule has 1 aromatic carbocycles. The van der Waals surface area contributed by atoms with Gasteiger partial charge in [-0.05, 0) is 36.9 Å². The number of hydrogen-bond acceptors (Lipinski definition) is 3. The minimum Gasteiger partial charge on any atom is -0.288 e. The molecule has 0 N–H and O–H groups in total. The first-order valence-corrected chi connectivity index (χ1v) is 7.03. The van der Waals surface area contributed by atoms with Crippen molar-refractivity contribution >= 4 is 17.5 Å². The van der Waals surface area contributed by atoms with Gasteiger partial charge in [-0.3, -0.25) is 9.48 Å². The summed E-state index contributed by atoms with van der Waals surface area (Å²) in [6.45, 7) is 4.89. The Balaban J connectivity index is 2.17. The molecule has 2 rings (SSSR count). The number of benzene rings is 1. The first kappa shape index (κ1) is 12.9. The third kappa shape index (κ3) is 2.82. The van der Waals surface area contributed by atoms with Gasteiger partial charge in [0.25, 0.3) is 0 Å². The van der Waals surface area contributed by atoms with Crippen LogP contribution in [0.15, 0.2) is 41.6 Å². The Morgan fingerprint density at radius 2 is 1.94 bits per heavy atom. The number of ketones is 1. The maximum atomic E-state index is 12.2. The second-order valence-electron chi connectivity index (χ2n) is 3.87. The molecular formula is C14H16N2OS. The molecular weight excluding hydrogens is 244 g/mol. The normalized spacial score (nSPS) is 10.6. The quantitative estimate of drug-likeness (QED) is 0.611. The molecule has 0 atom stereocenters. The molecule has 94 valence electrons. The van der Waals surface area contributed by atoms with Crippen molar-refractivity contribution in [3.8, 4) is 0 Å².